The van der Waals surface area contributed by atoms with Crippen LogP contribution in [-0.2, 0) is 32.7 Å². The topological polar surface area (TPSA) is 123 Å². The zero-order chi connectivity index (χ0) is 25.5. The monoisotopic (exact) mass is 511 g/mol. The summed E-state index contributed by atoms with van der Waals surface area (Å²) >= 11 is 1.61. The maximum atomic E-state index is 12.1. The van der Waals surface area contributed by atoms with E-state index in [2.05, 4.69) is 10.3 Å². The third kappa shape index (κ3) is 6.94. The van der Waals surface area contributed by atoms with Crippen molar-refractivity contribution in [2.24, 2.45) is 7.05 Å². The number of anilines is 1. The molecule has 2 aromatic carbocycles. The van der Waals surface area contributed by atoms with Gasteiger partial charge in [-0.15, -0.1) is 0 Å². The van der Waals surface area contributed by atoms with Crippen LogP contribution in [0.5, 0.6) is 0 Å². The number of aliphatic hydroxyl groups excluding tert-OH is 1. The number of hydrogen-bond acceptors (Lipinski definition) is 7. The summed E-state index contributed by atoms with van der Waals surface area (Å²) in [5, 5.41) is 21.8. The first-order chi connectivity index (χ1) is 17.4. The van der Waals surface area contributed by atoms with Crippen molar-refractivity contribution in [3.63, 3.8) is 0 Å². The molecular weight excluding hydrogens is 482 g/mol. The lowest BCUT2D eigenvalue weighted by molar-refractivity contribution is -0.245. The molecule has 1 aliphatic heterocycles. The predicted octanol–water partition coefficient (Wildman–Crippen LogP) is 4.05. The Hall–Kier alpha value is -3.18. The Morgan fingerprint density at radius 3 is 2.64 bits per heavy atom. The van der Waals surface area contributed by atoms with E-state index in [1.54, 1.807) is 36.2 Å². The maximum Gasteiger partial charge on any atom is 0.303 e. The van der Waals surface area contributed by atoms with E-state index in [-0.39, 0.29) is 37.6 Å². The minimum absolute atomic E-state index is 0.0224. The Morgan fingerprint density at radius 1 is 1.14 bits per heavy atom. The lowest BCUT2D eigenvalue weighted by atomic mass is 10.0. The van der Waals surface area contributed by atoms with Crippen LogP contribution < -0.4 is 5.32 Å². The highest BCUT2D eigenvalue weighted by Crippen LogP contribution is 2.39. The highest BCUT2D eigenvalue weighted by atomic mass is 32.2. The van der Waals surface area contributed by atoms with Gasteiger partial charge in [0, 0.05) is 49.3 Å². The maximum absolute atomic E-state index is 12.1. The Morgan fingerprint density at radius 2 is 1.94 bits per heavy atom. The van der Waals surface area contributed by atoms with Crippen LogP contribution in [-0.4, -0.2) is 43.5 Å². The molecule has 3 N–H and O–H groups in total. The SMILES string of the molecule is Cn1ccnc1SC[C@@H]1C[C@H](c2ccc(CO)cc2)O[C@H](c2cccc(NC(=O)CCC(=O)O)c2)O1. The molecule has 10 heteroatoms. The average Bonchev–Trinajstić information content (AvgIpc) is 3.30. The number of aromatic nitrogens is 2. The molecule has 3 aromatic rings. The largest absolute Gasteiger partial charge is 0.481 e. The molecule has 0 saturated carbocycles. The molecule has 1 saturated heterocycles. The second-order valence-corrected chi connectivity index (χ2v) is 9.54. The van der Waals surface area contributed by atoms with E-state index >= 15 is 0 Å². The number of hydrogen-bond donors (Lipinski definition) is 3. The lowest BCUT2D eigenvalue weighted by Gasteiger charge is -2.36. The van der Waals surface area contributed by atoms with Crippen LogP contribution in [0, 0.1) is 0 Å². The van der Waals surface area contributed by atoms with Crippen molar-refractivity contribution < 1.29 is 29.3 Å². The van der Waals surface area contributed by atoms with Gasteiger partial charge in [-0.1, -0.05) is 48.2 Å². The Bertz CT molecular complexity index is 1180. The third-order valence-electron chi connectivity index (χ3n) is 5.80. The van der Waals surface area contributed by atoms with Crippen molar-refractivity contribution in [1.82, 2.24) is 9.55 Å². The first-order valence-electron chi connectivity index (χ1n) is 11.6. The highest BCUT2D eigenvalue weighted by Gasteiger charge is 2.32. The summed E-state index contributed by atoms with van der Waals surface area (Å²) in [6, 6.07) is 14.9. The minimum Gasteiger partial charge on any atom is -0.481 e. The summed E-state index contributed by atoms with van der Waals surface area (Å²) in [4.78, 5) is 27.2. The van der Waals surface area contributed by atoms with Crippen LogP contribution in [0.25, 0.3) is 0 Å². The molecule has 1 amide bonds. The molecule has 3 atom stereocenters. The summed E-state index contributed by atoms with van der Waals surface area (Å²) in [5.41, 5.74) is 3.11. The number of aliphatic carboxylic acids is 1. The number of rotatable bonds is 10. The van der Waals surface area contributed by atoms with Gasteiger partial charge in [-0.25, -0.2) is 4.98 Å². The molecule has 190 valence electrons. The van der Waals surface area contributed by atoms with Crippen molar-refractivity contribution in [2.45, 2.75) is 49.5 Å². The summed E-state index contributed by atoms with van der Waals surface area (Å²) in [7, 11) is 1.95. The quantitative estimate of drug-likeness (QED) is 0.349. The first kappa shape index (κ1) is 25.9. The van der Waals surface area contributed by atoms with Crippen molar-refractivity contribution in [1.29, 1.82) is 0 Å². The molecule has 0 bridgehead atoms. The molecule has 0 unspecified atom stereocenters. The van der Waals surface area contributed by atoms with Crippen LogP contribution in [0.15, 0.2) is 66.1 Å². The summed E-state index contributed by atoms with van der Waals surface area (Å²) in [5.74, 6) is -0.705. The smallest absolute Gasteiger partial charge is 0.303 e. The fraction of sp³-hybridized carbons (Fsp3) is 0.346. The molecule has 1 fully saturated rings. The van der Waals surface area contributed by atoms with Gasteiger partial charge in [0.15, 0.2) is 11.4 Å². The van der Waals surface area contributed by atoms with E-state index in [1.807, 2.05) is 48.1 Å². The average molecular weight is 512 g/mol. The standard InChI is InChI=1S/C26H29N3O6S/c1-29-12-11-27-26(29)36-16-21-14-22(18-7-5-17(15-30)6-8-18)35-25(34-21)19-3-2-4-20(13-19)28-23(31)9-10-24(32)33/h2-8,11-13,21-22,25,30H,9-10,14-16H2,1H3,(H,28,31)(H,32,33)/t21-,22+,25+/m0/s1. The summed E-state index contributed by atoms with van der Waals surface area (Å²) < 4.78 is 14.7. The van der Waals surface area contributed by atoms with Crippen LogP contribution in [0.1, 0.15) is 48.3 Å². The molecule has 0 radical (unpaired) electrons. The number of imidazole rings is 1. The van der Waals surface area contributed by atoms with Gasteiger partial charge >= 0.3 is 5.97 Å². The molecule has 9 nitrogen and oxygen atoms in total. The van der Waals surface area contributed by atoms with Crippen molar-refractivity contribution in [2.75, 3.05) is 11.1 Å². The number of benzene rings is 2. The van der Waals surface area contributed by atoms with Gasteiger partial charge in [0.05, 0.1) is 25.2 Å². The Kier molecular flexibility index (Phi) is 8.76. The number of carboxylic acids is 1. The van der Waals surface area contributed by atoms with E-state index in [9.17, 15) is 14.7 Å². The Balaban J connectivity index is 1.51. The van der Waals surface area contributed by atoms with Gasteiger partial charge in [0.2, 0.25) is 5.91 Å². The van der Waals surface area contributed by atoms with Crippen molar-refractivity contribution in [3.05, 3.63) is 77.6 Å². The molecule has 0 spiro atoms. The molecule has 1 aliphatic rings. The second kappa shape index (κ2) is 12.2. The number of aliphatic hydroxyl groups is 1. The lowest BCUT2D eigenvalue weighted by Crippen LogP contribution is -2.31. The van der Waals surface area contributed by atoms with Gasteiger partial charge in [-0.2, -0.15) is 0 Å². The van der Waals surface area contributed by atoms with Crippen molar-refractivity contribution >= 4 is 29.3 Å². The van der Waals surface area contributed by atoms with E-state index in [0.717, 1.165) is 21.8 Å². The summed E-state index contributed by atoms with van der Waals surface area (Å²) in [6.45, 7) is -0.0224. The number of carbonyl (C=O) groups is 2. The minimum atomic E-state index is -1.02. The third-order valence-corrected chi connectivity index (χ3v) is 6.99. The van der Waals surface area contributed by atoms with Crippen LogP contribution in [0.2, 0.25) is 0 Å². The molecule has 1 aromatic heterocycles. The van der Waals surface area contributed by atoms with Crippen LogP contribution in [0.4, 0.5) is 5.69 Å². The zero-order valence-corrected chi connectivity index (χ0v) is 20.7. The predicted molar refractivity (Wildman–Crippen MR) is 134 cm³/mol. The summed E-state index contributed by atoms with van der Waals surface area (Å²) in [6.07, 6.45) is 2.97. The molecule has 4 rings (SSSR count). The number of ether oxygens (including phenoxy) is 2. The van der Waals surface area contributed by atoms with Gasteiger partial charge in [-0.3, -0.25) is 9.59 Å². The number of aryl methyl sites for hydroxylation is 1. The highest BCUT2D eigenvalue weighted by molar-refractivity contribution is 7.99. The first-order valence-corrected chi connectivity index (χ1v) is 12.6. The number of carboxylic acid groups (broad SMARTS) is 1. The molecule has 2 heterocycles. The molecule has 36 heavy (non-hydrogen) atoms. The van der Waals surface area contributed by atoms with E-state index in [4.69, 9.17) is 14.6 Å². The van der Waals surface area contributed by atoms with Crippen molar-refractivity contribution in [3.8, 4) is 0 Å². The molecular formula is C26H29N3O6S. The van der Waals surface area contributed by atoms with E-state index < -0.39 is 12.3 Å². The van der Waals surface area contributed by atoms with E-state index in [0.29, 0.717) is 17.9 Å². The number of thioether (sulfide) groups is 1. The fourth-order valence-corrected chi connectivity index (χ4v) is 4.84. The zero-order valence-electron chi connectivity index (χ0n) is 19.9. The number of amides is 1. The van der Waals surface area contributed by atoms with Crippen LogP contribution >= 0.6 is 11.8 Å². The fourth-order valence-electron chi connectivity index (χ4n) is 3.89. The Labute approximate surface area is 213 Å². The second-order valence-electron chi connectivity index (χ2n) is 8.55. The normalized spacial score (nSPS) is 19.7. The number of nitrogens with one attached hydrogen (secondary N) is 1. The van der Waals surface area contributed by atoms with Crippen LogP contribution in [0.3, 0.4) is 0 Å². The number of carbonyl (C=O) groups excluding carboxylic acids is 1. The van der Waals surface area contributed by atoms with Gasteiger partial charge in [-0.05, 0) is 23.3 Å². The van der Waals surface area contributed by atoms with Gasteiger partial charge in [0.25, 0.3) is 0 Å². The molecule has 0 aliphatic carbocycles. The van der Waals surface area contributed by atoms with E-state index in [1.165, 1.54) is 0 Å². The number of nitrogens with zero attached hydrogens (tertiary/aromatic N) is 2. The van der Waals surface area contributed by atoms with Gasteiger partial charge in [0.1, 0.15) is 0 Å². The van der Waals surface area contributed by atoms with Gasteiger partial charge < -0.3 is 29.6 Å².